The summed E-state index contributed by atoms with van der Waals surface area (Å²) < 4.78 is 6.04. The predicted octanol–water partition coefficient (Wildman–Crippen LogP) is 0.262. The van der Waals surface area contributed by atoms with Gasteiger partial charge in [-0.05, 0) is 6.92 Å². The van der Waals surface area contributed by atoms with Crippen LogP contribution < -0.4 is 0 Å². The van der Waals surface area contributed by atoms with Crippen LogP contribution in [0.15, 0.2) is 16.9 Å². The smallest absolute Gasteiger partial charge is 0.375 e. The van der Waals surface area contributed by atoms with Crippen LogP contribution in [0, 0.1) is 6.92 Å². The Morgan fingerprint density at radius 1 is 1.64 bits per heavy atom. The molecule has 14 heavy (non-hydrogen) atoms. The lowest BCUT2D eigenvalue weighted by Gasteiger charge is -1.88. The van der Waals surface area contributed by atoms with E-state index >= 15 is 0 Å². The Kier molecular flexibility index (Phi) is 1.77. The molecule has 0 aliphatic heterocycles. The van der Waals surface area contributed by atoms with Crippen LogP contribution in [0.1, 0.15) is 16.4 Å². The Bertz CT molecular complexity index is 473. The van der Waals surface area contributed by atoms with Crippen molar-refractivity contribution in [3.63, 3.8) is 0 Å². The Hall–Kier alpha value is -2.18. The fourth-order valence-electron chi connectivity index (χ4n) is 0.933. The number of rotatable bonds is 2. The molecule has 0 saturated carbocycles. The molecule has 0 aliphatic carbocycles. The van der Waals surface area contributed by atoms with Crippen molar-refractivity contribution in [2.24, 2.45) is 0 Å². The van der Waals surface area contributed by atoms with Crippen molar-refractivity contribution in [3.05, 3.63) is 24.0 Å². The predicted molar refractivity (Wildman–Crippen MR) is 43.1 cm³/mol. The van der Waals surface area contributed by atoms with Crippen molar-refractivity contribution in [2.45, 2.75) is 6.92 Å². The minimum atomic E-state index is -1.18. The highest BCUT2D eigenvalue weighted by atomic mass is 16.5. The molecule has 0 aliphatic rings. The molecule has 2 rings (SSSR count). The van der Waals surface area contributed by atoms with Gasteiger partial charge in [-0.25, -0.2) is 9.78 Å². The molecular weight excluding hydrogens is 188 g/mol. The summed E-state index contributed by atoms with van der Waals surface area (Å²) in [4.78, 5) is 14.0. The van der Waals surface area contributed by atoms with Gasteiger partial charge in [0.15, 0.2) is 5.82 Å². The summed E-state index contributed by atoms with van der Waals surface area (Å²) in [6, 6.07) is 1.63. The molecule has 2 aromatic rings. The SMILES string of the molecule is Cc1cc(-n2cnc(C(=O)O)n2)no1. The largest absolute Gasteiger partial charge is 0.475 e. The van der Waals surface area contributed by atoms with Gasteiger partial charge in [0.2, 0.25) is 0 Å². The first kappa shape index (κ1) is 8.42. The van der Waals surface area contributed by atoms with Crippen molar-refractivity contribution in [3.8, 4) is 5.82 Å². The van der Waals surface area contributed by atoms with Crippen molar-refractivity contribution in [1.82, 2.24) is 19.9 Å². The first-order chi connectivity index (χ1) is 6.66. The van der Waals surface area contributed by atoms with E-state index in [1.165, 1.54) is 11.0 Å². The first-order valence-electron chi connectivity index (χ1n) is 3.75. The van der Waals surface area contributed by atoms with Crippen LogP contribution in [0.5, 0.6) is 0 Å². The maximum Gasteiger partial charge on any atom is 0.375 e. The molecule has 0 spiro atoms. The molecular formula is C7H6N4O3. The monoisotopic (exact) mass is 194 g/mol. The van der Waals surface area contributed by atoms with Crippen LogP contribution in [0.3, 0.4) is 0 Å². The molecule has 0 amide bonds. The zero-order chi connectivity index (χ0) is 10.1. The van der Waals surface area contributed by atoms with Crippen LogP contribution in [0.4, 0.5) is 0 Å². The second kappa shape index (κ2) is 2.95. The number of carbonyl (C=O) groups is 1. The minimum absolute atomic E-state index is 0.273. The number of carboxylic acids is 1. The number of aromatic nitrogens is 4. The maximum absolute atomic E-state index is 10.5. The van der Waals surface area contributed by atoms with Crippen LogP contribution in [0.25, 0.3) is 5.82 Å². The zero-order valence-electron chi connectivity index (χ0n) is 7.21. The molecule has 0 aromatic carbocycles. The standard InChI is InChI=1S/C7H6N4O3/c1-4-2-5(10-14-4)11-3-8-6(9-11)7(12)13/h2-3H,1H3,(H,12,13). The van der Waals surface area contributed by atoms with Crippen molar-refractivity contribution in [1.29, 1.82) is 0 Å². The molecule has 0 unspecified atom stereocenters. The lowest BCUT2D eigenvalue weighted by atomic mass is 10.5. The summed E-state index contributed by atoms with van der Waals surface area (Å²) in [6.07, 6.45) is 1.26. The van der Waals surface area contributed by atoms with Crippen LogP contribution in [-0.2, 0) is 0 Å². The van der Waals surface area contributed by atoms with Crippen molar-refractivity contribution >= 4 is 5.97 Å². The Balaban J connectivity index is 2.38. The van der Waals surface area contributed by atoms with Gasteiger partial charge in [-0.3, -0.25) is 0 Å². The van der Waals surface area contributed by atoms with Crippen molar-refractivity contribution < 1.29 is 14.4 Å². The number of hydrogen-bond acceptors (Lipinski definition) is 5. The summed E-state index contributed by atoms with van der Waals surface area (Å²) in [5, 5.41) is 15.9. The molecule has 1 N–H and O–H groups in total. The van der Waals surface area contributed by atoms with E-state index in [4.69, 9.17) is 9.63 Å². The van der Waals surface area contributed by atoms with Gasteiger partial charge in [0.1, 0.15) is 12.1 Å². The summed E-state index contributed by atoms with van der Waals surface area (Å²) >= 11 is 0. The Labute approximate surface area is 78.0 Å². The topological polar surface area (TPSA) is 94.0 Å². The lowest BCUT2D eigenvalue weighted by Crippen LogP contribution is -2.01. The van der Waals surface area contributed by atoms with Gasteiger partial charge in [0.25, 0.3) is 5.82 Å². The zero-order valence-corrected chi connectivity index (χ0v) is 7.21. The van der Waals surface area contributed by atoms with Crippen LogP contribution >= 0.6 is 0 Å². The molecule has 2 aromatic heterocycles. The molecule has 0 saturated heterocycles. The molecule has 0 atom stereocenters. The van der Waals surface area contributed by atoms with E-state index < -0.39 is 5.97 Å². The van der Waals surface area contributed by atoms with Crippen molar-refractivity contribution in [2.75, 3.05) is 0 Å². The summed E-state index contributed by atoms with van der Waals surface area (Å²) in [5.41, 5.74) is 0. The highest BCUT2D eigenvalue weighted by Gasteiger charge is 2.11. The second-order valence-electron chi connectivity index (χ2n) is 2.61. The minimum Gasteiger partial charge on any atom is -0.475 e. The van der Waals surface area contributed by atoms with Gasteiger partial charge in [-0.2, -0.15) is 4.68 Å². The van der Waals surface area contributed by atoms with Gasteiger partial charge in [-0.15, -0.1) is 5.10 Å². The quantitative estimate of drug-likeness (QED) is 0.736. The number of hydrogen-bond donors (Lipinski definition) is 1. The van der Waals surface area contributed by atoms with E-state index in [1.54, 1.807) is 13.0 Å². The summed E-state index contributed by atoms with van der Waals surface area (Å²) in [7, 11) is 0. The summed E-state index contributed by atoms with van der Waals surface area (Å²) in [6.45, 7) is 1.73. The molecule has 0 bridgehead atoms. The number of aryl methyl sites for hydroxylation is 1. The van der Waals surface area contributed by atoms with Gasteiger partial charge in [0.05, 0.1) is 0 Å². The maximum atomic E-state index is 10.5. The average molecular weight is 194 g/mol. The lowest BCUT2D eigenvalue weighted by molar-refractivity contribution is 0.0683. The van der Waals surface area contributed by atoms with Crippen LogP contribution in [0.2, 0.25) is 0 Å². The van der Waals surface area contributed by atoms with Gasteiger partial charge in [0, 0.05) is 6.07 Å². The third-order valence-corrected chi connectivity index (χ3v) is 1.53. The van der Waals surface area contributed by atoms with Crippen LogP contribution in [-0.4, -0.2) is 31.0 Å². The molecule has 0 radical (unpaired) electrons. The Morgan fingerprint density at radius 2 is 2.43 bits per heavy atom. The summed E-state index contributed by atoms with van der Waals surface area (Å²) in [5.74, 6) is -0.426. The van der Waals surface area contributed by atoms with E-state index in [1.807, 2.05) is 0 Å². The van der Waals surface area contributed by atoms with Gasteiger partial charge < -0.3 is 9.63 Å². The fraction of sp³-hybridized carbons (Fsp3) is 0.143. The Morgan fingerprint density at radius 3 is 2.93 bits per heavy atom. The van der Waals surface area contributed by atoms with E-state index in [9.17, 15) is 4.79 Å². The number of carboxylic acid groups (broad SMARTS) is 1. The second-order valence-corrected chi connectivity index (χ2v) is 2.61. The van der Waals surface area contributed by atoms with Gasteiger partial charge >= 0.3 is 5.97 Å². The van der Waals surface area contributed by atoms with Gasteiger partial charge in [-0.1, -0.05) is 5.16 Å². The fourth-order valence-corrected chi connectivity index (χ4v) is 0.933. The first-order valence-corrected chi connectivity index (χ1v) is 3.75. The molecule has 7 heteroatoms. The normalized spacial score (nSPS) is 10.4. The highest BCUT2D eigenvalue weighted by molar-refractivity contribution is 5.82. The third kappa shape index (κ3) is 1.35. The molecule has 72 valence electrons. The van der Waals surface area contributed by atoms with E-state index in [0.717, 1.165) is 0 Å². The van der Waals surface area contributed by atoms with E-state index in [-0.39, 0.29) is 5.82 Å². The van der Waals surface area contributed by atoms with E-state index in [0.29, 0.717) is 11.6 Å². The number of aromatic carboxylic acids is 1. The number of nitrogens with zero attached hydrogens (tertiary/aromatic N) is 4. The molecule has 0 fully saturated rings. The average Bonchev–Trinajstić information content (AvgIpc) is 2.70. The third-order valence-electron chi connectivity index (χ3n) is 1.53. The molecule has 2 heterocycles. The molecule has 7 nitrogen and oxygen atoms in total. The highest BCUT2D eigenvalue weighted by Crippen LogP contribution is 2.06. The van der Waals surface area contributed by atoms with E-state index in [2.05, 4.69) is 15.2 Å².